The zero-order valence-corrected chi connectivity index (χ0v) is 13.9. The molecule has 6 nitrogen and oxygen atoms in total. The maximum Gasteiger partial charge on any atom is 0.315 e. The molecule has 1 atom stereocenters. The number of aromatic nitrogens is 1. The number of fused-ring (bicyclic) bond motifs is 1. The first-order valence-electron chi connectivity index (χ1n) is 7.47. The Morgan fingerprint density at radius 2 is 2.13 bits per heavy atom. The topological polar surface area (TPSA) is 72.5 Å². The van der Waals surface area contributed by atoms with Crippen LogP contribution in [0.25, 0.3) is 0 Å². The quantitative estimate of drug-likeness (QED) is 0.902. The maximum atomic E-state index is 12.0. The summed E-state index contributed by atoms with van der Waals surface area (Å²) in [5, 5.41) is 8.66. The van der Waals surface area contributed by atoms with Crippen LogP contribution in [0.4, 0.5) is 4.79 Å². The number of nitrogens with zero attached hydrogens (tertiary/aromatic N) is 1. The Labute approximate surface area is 138 Å². The largest absolute Gasteiger partial charge is 0.486 e. The first-order valence-corrected chi connectivity index (χ1v) is 8.34. The Kier molecular flexibility index (Phi) is 4.66. The van der Waals surface area contributed by atoms with E-state index in [9.17, 15) is 4.79 Å². The molecule has 0 saturated heterocycles. The summed E-state index contributed by atoms with van der Waals surface area (Å²) >= 11 is 1.57. The molecule has 2 heterocycles. The highest BCUT2D eigenvalue weighted by atomic mass is 32.1. The van der Waals surface area contributed by atoms with E-state index in [1.165, 1.54) is 0 Å². The average Bonchev–Trinajstić information content (AvgIpc) is 2.98. The summed E-state index contributed by atoms with van der Waals surface area (Å²) in [6.07, 6.45) is 0. The van der Waals surface area contributed by atoms with Crippen LogP contribution in [0.3, 0.4) is 0 Å². The van der Waals surface area contributed by atoms with Crippen molar-refractivity contribution in [3.63, 3.8) is 0 Å². The van der Waals surface area contributed by atoms with Crippen molar-refractivity contribution in [1.29, 1.82) is 0 Å². The fourth-order valence-corrected chi connectivity index (χ4v) is 2.93. The maximum absolute atomic E-state index is 12.0. The van der Waals surface area contributed by atoms with Gasteiger partial charge in [0, 0.05) is 5.38 Å². The number of amides is 2. The van der Waals surface area contributed by atoms with Crippen LogP contribution >= 0.6 is 11.3 Å². The number of benzene rings is 1. The van der Waals surface area contributed by atoms with Gasteiger partial charge < -0.3 is 20.1 Å². The Morgan fingerprint density at radius 3 is 2.87 bits per heavy atom. The third-order valence-corrected chi connectivity index (χ3v) is 4.33. The zero-order valence-electron chi connectivity index (χ0n) is 13.1. The van der Waals surface area contributed by atoms with Crippen LogP contribution < -0.4 is 20.1 Å². The first-order chi connectivity index (χ1) is 11.1. The third-order valence-electron chi connectivity index (χ3n) is 3.51. The van der Waals surface area contributed by atoms with E-state index >= 15 is 0 Å². The molecule has 3 rings (SSSR count). The van der Waals surface area contributed by atoms with Gasteiger partial charge >= 0.3 is 6.03 Å². The SMILES string of the molecule is Cc1nc(CNC(=O)N[C@@H](C)c2ccc3c(c2)OCCO3)cs1. The monoisotopic (exact) mass is 333 g/mol. The number of urea groups is 1. The van der Waals surface area contributed by atoms with E-state index in [0.717, 1.165) is 27.8 Å². The Bertz CT molecular complexity index is 702. The second kappa shape index (κ2) is 6.87. The van der Waals surface area contributed by atoms with Gasteiger partial charge in [0.1, 0.15) is 13.2 Å². The molecule has 0 aliphatic carbocycles. The molecule has 0 bridgehead atoms. The molecule has 2 N–H and O–H groups in total. The van der Waals surface area contributed by atoms with Gasteiger partial charge in [0.05, 0.1) is 23.3 Å². The lowest BCUT2D eigenvalue weighted by molar-refractivity contribution is 0.171. The molecule has 0 fully saturated rings. The summed E-state index contributed by atoms with van der Waals surface area (Å²) in [5.74, 6) is 1.47. The number of hydrogen-bond donors (Lipinski definition) is 2. The minimum Gasteiger partial charge on any atom is -0.486 e. The van der Waals surface area contributed by atoms with Crippen molar-refractivity contribution >= 4 is 17.4 Å². The lowest BCUT2D eigenvalue weighted by Crippen LogP contribution is -2.36. The molecule has 1 aliphatic heterocycles. The molecular formula is C16H19N3O3S. The number of aryl methyl sites for hydroxylation is 1. The second-order valence-corrected chi connectivity index (χ2v) is 6.37. The predicted octanol–water partition coefficient (Wildman–Crippen LogP) is 2.78. The fraction of sp³-hybridized carbons (Fsp3) is 0.375. The highest BCUT2D eigenvalue weighted by Crippen LogP contribution is 2.32. The highest BCUT2D eigenvalue weighted by molar-refractivity contribution is 7.09. The van der Waals surface area contributed by atoms with Crippen molar-refractivity contribution in [3.05, 3.63) is 39.8 Å². The minimum atomic E-state index is -0.224. The van der Waals surface area contributed by atoms with Crippen molar-refractivity contribution in [2.75, 3.05) is 13.2 Å². The Hall–Kier alpha value is -2.28. The van der Waals surface area contributed by atoms with E-state index in [-0.39, 0.29) is 12.1 Å². The molecule has 1 aliphatic rings. The number of carbonyl (C=O) groups excluding carboxylic acids is 1. The number of ether oxygens (including phenoxy) is 2. The van der Waals surface area contributed by atoms with Gasteiger partial charge in [0.25, 0.3) is 0 Å². The van der Waals surface area contributed by atoms with Crippen molar-refractivity contribution in [2.45, 2.75) is 26.4 Å². The second-order valence-electron chi connectivity index (χ2n) is 5.31. The van der Waals surface area contributed by atoms with Gasteiger partial charge in [0.2, 0.25) is 0 Å². The van der Waals surface area contributed by atoms with E-state index in [1.54, 1.807) is 11.3 Å². The molecule has 7 heteroatoms. The summed E-state index contributed by atoms with van der Waals surface area (Å²) < 4.78 is 11.1. The van der Waals surface area contributed by atoms with Crippen LogP contribution in [0, 0.1) is 6.92 Å². The minimum absolute atomic E-state index is 0.136. The normalized spacial score (nSPS) is 14.2. The third kappa shape index (κ3) is 3.92. The average molecular weight is 333 g/mol. The lowest BCUT2D eigenvalue weighted by atomic mass is 10.1. The van der Waals surface area contributed by atoms with Gasteiger partial charge in [-0.3, -0.25) is 0 Å². The summed E-state index contributed by atoms with van der Waals surface area (Å²) in [6.45, 7) is 5.41. The molecule has 1 aromatic carbocycles. The first kappa shape index (κ1) is 15.6. The van der Waals surface area contributed by atoms with Crippen LogP contribution in [-0.2, 0) is 6.54 Å². The molecule has 23 heavy (non-hydrogen) atoms. The van der Waals surface area contributed by atoms with E-state index in [2.05, 4.69) is 15.6 Å². The number of nitrogens with one attached hydrogen (secondary N) is 2. The predicted molar refractivity (Wildman–Crippen MR) is 88.1 cm³/mol. The van der Waals surface area contributed by atoms with Crippen molar-refractivity contribution in [3.8, 4) is 11.5 Å². The van der Waals surface area contributed by atoms with Crippen LogP contribution in [0.15, 0.2) is 23.6 Å². The number of rotatable bonds is 4. The molecule has 0 radical (unpaired) electrons. The fourth-order valence-electron chi connectivity index (χ4n) is 2.32. The van der Waals surface area contributed by atoms with Crippen LogP contribution in [-0.4, -0.2) is 24.2 Å². The molecule has 0 spiro atoms. The standard InChI is InChI=1S/C16H19N3O3S/c1-10(12-3-4-14-15(7-12)22-6-5-21-14)18-16(20)17-8-13-9-23-11(2)19-13/h3-4,7,9-10H,5-6,8H2,1-2H3,(H2,17,18,20)/t10-/m0/s1. The molecule has 122 valence electrons. The van der Waals surface area contributed by atoms with Gasteiger partial charge in [-0.1, -0.05) is 6.07 Å². The Balaban J connectivity index is 1.55. The van der Waals surface area contributed by atoms with Gasteiger partial charge in [-0.15, -0.1) is 11.3 Å². The van der Waals surface area contributed by atoms with Crippen molar-refractivity contribution in [1.82, 2.24) is 15.6 Å². The molecule has 0 saturated carbocycles. The Morgan fingerprint density at radius 1 is 1.35 bits per heavy atom. The molecule has 2 aromatic rings. The van der Waals surface area contributed by atoms with Gasteiger partial charge in [-0.2, -0.15) is 0 Å². The molecule has 1 aromatic heterocycles. The number of carbonyl (C=O) groups is 1. The van der Waals surface area contributed by atoms with E-state index < -0.39 is 0 Å². The van der Waals surface area contributed by atoms with Gasteiger partial charge in [-0.05, 0) is 31.5 Å². The summed E-state index contributed by atoms with van der Waals surface area (Å²) in [4.78, 5) is 16.3. The molecule has 0 unspecified atom stereocenters. The van der Waals surface area contributed by atoms with E-state index in [4.69, 9.17) is 9.47 Å². The van der Waals surface area contributed by atoms with Crippen LogP contribution in [0.2, 0.25) is 0 Å². The van der Waals surface area contributed by atoms with E-state index in [0.29, 0.717) is 19.8 Å². The van der Waals surface area contributed by atoms with Gasteiger partial charge in [-0.25, -0.2) is 9.78 Å². The zero-order chi connectivity index (χ0) is 16.2. The van der Waals surface area contributed by atoms with Crippen molar-refractivity contribution in [2.24, 2.45) is 0 Å². The number of hydrogen-bond acceptors (Lipinski definition) is 5. The summed E-state index contributed by atoms with van der Waals surface area (Å²) in [6, 6.07) is 5.35. The summed E-state index contributed by atoms with van der Waals surface area (Å²) in [5.41, 5.74) is 1.84. The smallest absolute Gasteiger partial charge is 0.315 e. The molecular weight excluding hydrogens is 314 g/mol. The number of thiazole rings is 1. The summed E-state index contributed by atoms with van der Waals surface area (Å²) in [7, 11) is 0. The molecule has 2 amide bonds. The van der Waals surface area contributed by atoms with E-state index in [1.807, 2.05) is 37.4 Å². The lowest BCUT2D eigenvalue weighted by Gasteiger charge is -2.21. The van der Waals surface area contributed by atoms with Crippen LogP contribution in [0.1, 0.15) is 29.2 Å². The van der Waals surface area contributed by atoms with Crippen molar-refractivity contribution < 1.29 is 14.3 Å². The van der Waals surface area contributed by atoms with Gasteiger partial charge in [0.15, 0.2) is 11.5 Å². The van der Waals surface area contributed by atoms with Crippen LogP contribution in [0.5, 0.6) is 11.5 Å². The highest BCUT2D eigenvalue weighted by Gasteiger charge is 2.15.